The Morgan fingerprint density at radius 1 is 1.16 bits per heavy atom. The Morgan fingerprint density at radius 2 is 1.95 bits per heavy atom. The second kappa shape index (κ2) is 6.41. The number of nitrogens with zero attached hydrogens (tertiary/aromatic N) is 1. The molecule has 0 bridgehead atoms. The Morgan fingerprint density at radius 3 is 2.68 bits per heavy atom. The molecule has 0 radical (unpaired) electrons. The van der Waals surface area contributed by atoms with Crippen molar-refractivity contribution in [3.8, 4) is 11.8 Å². The Kier molecular flexibility index (Phi) is 4.35. The van der Waals surface area contributed by atoms with Gasteiger partial charge in [-0.2, -0.15) is 5.26 Å². The Balaban J connectivity index is 1.85. The van der Waals surface area contributed by atoms with E-state index >= 15 is 0 Å². The van der Waals surface area contributed by atoms with E-state index in [4.69, 9.17) is 10.00 Å². The van der Waals surface area contributed by atoms with Crippen molar-refractivity contribution in [1.29, 1.82) is 5.26 Å². The molecule has 2 aromatic carbocycles. The Labute approximate surface area is 111 Å². The van der Waals surface area contributed by atoms with Gasteiger partial charge in [-0.05, 0) is 30.3 Å². The number of nitriles is 1. The van der Waals surface area contributed by atoms with E-state index in [1.165, 1.54) is 12.1 Å². The zero-order valence-electron chi connectivity index (χ0n) is 10.3. The van der Waals surface area contributed by atoms with Gasteiger partial charge in [0.1, 0.15) is 24.2 Å². The van der Waals surface area contributed by atoms with E-state index in [1.54, 1.807) is 6.07 Å². The molecule has 19 heavy (non-hydrogen) atoms. The van der Waals surface area contributed by atoms with Crippen LogP contribution in [0.25, 0.3) is 0 Å². The number of hydrogen-bond acceptors (Lipinski definition) is 3. The van der Waals surface area contributed by atoms with Crippen LogP contribution in [-0.2, 0) is 0 Å². The molecule has 0 fully saturated rings. The van der Waals surface area contributed by atoms with Crippen LogP contribution in [0.15, 0.2) is 48.5 Å². The van der Waals surface area contributed by atoms with Crippen molar-refractivity contribution in [2.45, 2.75) is 0 Å². The zero-order chi connectivity index (χ0) is 13.5. The maximum atomic E-state index is 12.9. The maximum absolute atomic E-state index is 12.9. The molecule has 4 heteroatoms. The van der Waals surface area contributed by atoms with E-state index in [9.17, 15) is 4.39 Å². The second-order valence-corrected chi connectivity index (χ2v) is 3.89. The summed E-state index contributed by atoms with van der Waals surface area (Å²) in [5.74, 6) is 0.381. The molecule has 1 N–H and O–H groups in total. The fourth-order valence-corrected chi connectivity index (χ4v) is 1.63. The van der Waals surface area contributed by atoms with Crippen molar-refractivity contribution in [2.75, 3.05) is 18.5 Å². The summed E-state index contributed by atoms with van der Waals surface area (Å²) in [4.78, 5) is 0. The van der Waals surface area contributed by atoms with Gasteiger partial charge in [0.05, 0.1) is 11.3 Å². The molecule has 0 spiro atoms. The van der Waals surface area contributed by atoms with E-state index in [-0.39, 0.29) is 0 Å². The van der Waals surface area contributed by atoms with Gasteiger partial charge in [0.15, 0.2) is 0 Å². The standard InChI is InChI=1S/C15H13FN2O/c16-13-6-7-15(12(10-13)11-17)18-8-9-19-14-4-2-1-3-5-14/h1-7,10,18H,8-9H2. The average molecular weight is 256 g/mol. The number of para-hydroxylation sites is 1. The first-order chi connectivity index (χ1) is 9.29. The fourth-order valence-electron chi connectivity index (χ4n) is 1.63. The molecular formula is C15H13FN2O. The number of benzene rings is 2. The van der Waals surface area contributed by atoms with E-state index in [0.29, 0.717) is 24.4 Å². The number of rotatable bonds is 5. The van der Waals surface area contributed by atoms with Crippen LogP contribution in [-0.4, -0.2) is 13.2 Å². The number of hydrogen-bond donors (Lipinski definition) is 1. The third-order valence-corrected chi connectivity index (χ3v) is 2.53. The van der Waals surface area contributed by atoms with Crippen LogP contribution in [0.5, 0.6) is 5.75 Å². The monoisotopic (exact) mass is 256 g/mol. The minimum Gasteiger partial charge on any atom is -0.492 e. The molecule has 0 aliphatic carbocycles. The average Bonchev–Trinajstić information content (AvgIpc) is 2.46. The summed E-state index contributed by atoms with van der Waals surface area (Å²) in [5, 5.41) is 11.9. The van der Waals surface area contributed by atoms with Crippen molar-refractivity contribution < 1.29 is 9.13 Å². The number of ether oxygens (including phenoxy) is 1. The normalized spacial score (nSPS) is 9.68. The van der Waals surface area contributed by atoms with Gasteiger partial charge >= 0.3 is 0 Å². The summed E-state index contributed by atoms with van der Waals surface area (Å²) in [6.07, 6.45) is 0. The first-order valence-electron chi connectivity index (χ1n) is 5.91. The fraction of sp³-hybridized carbons (Fsp3) is 0.133. The molecular weight excluding hydrogens is 243 g/mol. The largest absolute Gasteiger partial charge is 0.492 e. The second-order valence-electron chi connectivity index (χ2n) is 3.89. The van der Waals surface area contributed by atoms with Crippen LogP contribution in [0, 0.1) is 17.1 Å². The molecule has 0 heterocycles. The van der Waals surface area contributed by atoms with Crippen molar-refractivity contribution in [1.82, 2.24) is 0 Å². The third kappa shape index (κ3) is 3.71. The van der Waals surface area contributed by atoms with Gasteiger partial charge in [-0.1, -0.05) is 18.2 Å². The van der Waals surface area contributed by atoms with Crippen LogP contribution >= 0.6 is 0 Å². The molecule has 2 aromatic rings. The van der Waals surface area contributed by atoms with E-state index in [1.807, 2.05) is 36.4 Å². The predicted octanol–water partition coefficient (Wildman–Crippen LogP) is 3.19. The SMILES string of the molecule is N#Cc1cc(F)ccc1NCCOc1ccccc1. The van der Waals surface area contributed by atoms with Crippen molar-refractivity contribution in [2.24, 2.45) is 0 Å². The van der Waals surface area contributed by atoms with E-state index < -0.39 is 5.82 Å². The smallest absolute Gasteiger partial charge is 0.124 e. The molecule has 0 saturated carbocycles. The summed E-state index contributed by atoms with van der Waals surface area (Å²) < 4.78 is 18.4. The minimum atomic E-state index is -0.414. The highest BCUT2D eigenvalue weighted by Gasteiger charge is 2.02. The Bertz CT molecular complexity index is 578. The van der Waals surface area contributed by atoms with Gasteiger partial charge in [0, 0.05) is 6.54 Å². The summed E-state index contributed by atoms with van der Waals surface area (Å²) in [6, 6.07) is 15.5. The van der Waals surface area contributed by atoms with Crippen LogP contribution in [0.2, 0.25) is 0 Å². The van der Waals surface area contributed by atoms with Gasteiger partial charge < -0.3 is 10.1 Å². The van der Waals surface area contributed by atoms with Crippen molar-refractivity contribution in [3.05, 3.63) is 59.9 Å². The highest BCUT2D eigenvalue weighted by atomic mass is 19.1. The first-order valence-corrected chi connectivity index (χ1v) is 5.91. The minimum absolute atomic E-state index is 0.291. The molecule has 0 amide bonds. The lowest BCUT2D eigenvalue weighted by molar-refractivity contribution is 0.333. The van der Waals surface area contributed by atoms with Gasteiger partial charge in [0.25, 0.3) is 0 Å². The van der Waals surface area contributed by atoms with Crippen LogP contribution < -0.4 is 10.1 Å². The van der Waals surface area contributed by atoms with Crippen LogP contribution in [0.4, 0.5) is 10.1 Å². The molecule has 3 nitrogen and oxygen atoms in total. The van der Waals surface area contributed by atoms with Gasteiger partial charge in [-0.25, -0.2) is 4.39 Å². The lowest BCUT2D eigenvalue weighted by Gasteiger charge is -2.09. The highest BCUT2D eigenvalue weighted by Crippen LogP contribution is 2.15. The third-order valence-electron chi connectivity index (χ3n) is 2.53. The molecule has 2 rings (SSSR count). The summed E-state index contributed by atoms with van der Waals surface area (Å²) in [7, 11) is 0. The summed E-state index contributed by atoms with van der Waals surface area (Å²) in [6.45, 7) is 1.00. The van der Waals surface area contributed by atoms with Gasteiger partial charge in [-0.3, -0.25) is 0 Å². The summed E-state index contributed by atoms with van der Waals surface area (Å²) in [5.41, 5.74) is 0.903. The lowest BCUT2D eigenvalue weighted by atomic mass is 10.2. The maximum Gasteiger partial charge on any atom is 0.124 e. The molecule has 0 aromatic heterocycles. The molecule has 0 aliphatic heterocycles. The topological polar surface area (TPSA) is 45.0 Å². The molecule has 0 aliphatic rings. The quantitative estimate of drug-likeness (QED) is 0.835. The van der Waals surface area contributed by atoms with E-state index in [0.717, 1.165) is 5.75 Å². The molecule has 0 unspecified atom stereocenters. The summed E-state index contributed by atoms with van der Waals surface area (Å²) >= 11 is 0. The lowest BCUT2D eigenvalue weighted by Crippen LogP contribution is -2.12. The molecule has 0 saturated heterocycles. The predicted molar refractivity (Wildman–Crippen MR) is 71.5 cm³/mol. The van der Waals surface area contributed by atoms with Crippen LogP contribution in [0.1, 0.15) is 5.56 Å². The number of anilines is 1. The van der Waals surface area contributed by atoms with E-state index in [2.05, 4.69) is 5.32 Å². The first kappa shape index (κ1) is 12.9. The highest BCUT2D eigenvalue weighted by molar-refractivity contribution is 5.57. The number of nitrogens with one attached hydrogen (secondary N) is 1. The zero-order valence-corrected chi connectivity index (χ0v) is 10.3. The van der Waals surface area contributed by atoms with Crippen LogP contribution in [0.3, 0.4) is 0 Å². The van der Waals surface area contributed by atoms with Gasteiger partial charge in [0.2, 0.25) is 0 Å². The Hall–Kier alpha value is -2.54. The number of halogens is 1. The molecule has 96 valence electrons. The van der Waals surface area contributed by atoms with Crippen molar-refractivity contribution in [3.63, 3.8) is 0 Å². The van der Waals surface area contributed by atoms with Gasteiger partial charge in [-0.15, -0.1) is 0 Å². The van der Waals surface area contributed by atoms with Crippen molar-refractivity contribution >= 4 is 5.69 Å². The molecule has 0 atom stereocenters.